The largest absolute Gasteiger partial charge is 0.506 e. The smallest absolute Gasteiger partial charge is 0.408 e. The summed E-state index contributed by atoms with van der Waals surface area (Å²) >= 11 is 0. The van der Waals surface area contributed by atoms with Crippen LogP contribution in [-0.4, -0.2) is 83.6 Å². The zero-order valence-electron chi connectivity index (χ0n) is 39.0. The number of amides is 3. The van der Waals surface area contributed by atoms with Crippen LogP contribution in [-0.2, 0) is 22.6 Å². The van der Waals surface area contributed by atoms with Gasteiger partial charge in [-0.15, -0.1) is 0 Å². The molecule has 71 heavy (non-hydrogen) atoms. The quantitative estimate of drug-likeness (QED) is 0.0452. The summed E-state index contributed by atoms with van der Waals surface area (Å²) in [5.41, 5.74) is 5.53. The first-order valence-electron chi connectivity index (χ1n) is 23.8. The Morgan fingerprint density at radius 3 is 2.24 bits per heavy atom. The van der Waals surface area contributed by atoms with E-state index in [-0.39, 0.29) is 49.2 Å². The second kappa shape index (κ2) is 22.6. The van der Waals surface area contributed by atoms with Crippen LogP contribution in [0.4, 0.5) is 21.0 Å². The second-order valence-corrected chi connectivity index (χ2v) is 17.8. The van der Waals surface area contributed by atoms with E-state index in [9.17, 15) is 29.4 Å². The van der Waals surface area contributed by atoms with Crippen LogP contribution in [0, 0.1) is 5.92 Å². The number of hydrogen-bond acceptors (Lipinski definition) is 11. The average molecular weight is 957 g/mol. The minimum Gasteiger partial charge on any atom is -0.506 e. The highest BCUT2D eigenvalue weighted by Crippen LogP contribution is 2.32. The number of carbonyl (C=O) groups excluding carboxylic acids is 3. The number of aliphatic hydroxyl groups is 1. The van der Waals surface area contributed by atoms with Crippen LogP contribution in [0.5, 0.6) is 11.5 Å². The highest BCUT2D eigenvalue weighted by Gasteiger charge is 2.37. The monoisotopic (exact) mass is 956 g/mol. The van der Waals surface area contributed by atoms with Crippen molar-refractivity contribution in [3.8, 4) is 11.5 Å². The Kier molecular flexibility index (Phi) is 15.3. The summed E-state index contributed by atoms with van der Waals surface area (Å²) in [6.45, 7) is 3.81. The normalized spacial score (nSPS) is 16.9. The maximum atomic E-state index is 13.7. The lowest BCUT2D eigenvalue weighted by molar-refractivity contribution is -0.0336. The van der Waals surface area contributed by atoms with Gasteiger partial charge in [0.25, 0.3) is 0 Å². The molecule has 15 heteroatoms. The lowest BCUT2D eigenvalue weighted by Crippen LogP contribution is -2.52. The molecule has 6 N–H and O–H groups in total. The number of benzene rings is 6. The van der Waals surface area contributed by atoms with Crippen molar-refractivity contribution >= 4 is 40.4 Å². The number of aromatic hydroxyl groups is 1. The van der Waals surface area contributed by atoms with Crippen LogP contribution in [0.3, 0.4) is 0 Å². The Morgan fingerprint density at radius 1 is 0.789 bits per heavy atom. The van der Waals surface area contributed by atoms with Gasteiger partial charge in [-0.1, -0.05) is 91.0 Å². The zero-order chi connectivity index (χ0) is 49.1. The molecule has 364 valence electrons. The van der Waals surface area contributed by atoms with Gasteiger partial charge in [0.2, 0.25) is 5.56 Å². The molecule has 4 heterocycles. The number of aliphatic hydroxyl groups excluding tert-OH is 1. The van der Waals surface area contributed by atoms with Crippen LogP contribution < -0.4 is 31.1 Å². The van der Waals surface area contributed by atoms with Gasteiger partial charge in [-0.05, 0) is 120 Å². The molecule has 0 radical (unpaired) electrons. The summed E-state index contributed by atoms with van der Waals surface area (Å²) in [7, 11) is 0. The number of H-pyrrole nitrogens is 1. The van der Waals surface area contributed by atoms with Gasteiger partial charge in [-0.2, -0.15) is 0 Å². The highest BCUT2D eigenvalue weighted by molar-refractivity contribution is 6.01. The van der Waals surface area contributed by atoms with Gasteiger partial charge in [0, 0.05) is 42.5 Å². The summed E-state index contributed by atoms with van der Waals surface area (Å²) < 4.78 is 17.8. The van der Waals surface area contributed by atoms with Crippen molar-refractivity contribution in [3.63, 3.8) is 0 Å². The van der Waals surface area contributed by atoms with E-state index in [0.717, 1.165) is 54.7 Å². The van der Waals surface area contributed by atoms with Crippen LogP contribution in [0.2, 0.25) is 0 Å². The number of anilines is 2. The number of carbonyl (C=O) groups is 3. The molecular formula is C56H56N6O9. The Bertz CT molecular complexity index is 2980. The molecule has 7 aromatic rings. The van der Waals surface area contributed by atoms with Crippen molar-refractivity contribution in [1.82, 2.24) is 20.5 Å². The van der Waals surface area contributed by atoms with E-state index in [2.05, 4.69) is 25.8 Å². The molecule has 2 bridgehead atoms. The van der Waals surface area contributed by atoms with E-state index in [1.54, 1.807) is 60.7 Å². The minimum absolute atomic E-state index is 0.0626. The average Bonchev–Trinajstić information content (AvgIpc) is 3.40. The maximum absolute atomic E-state index is 13.7. The van der Waals surface area contributed by atoms with Crippen molar-refractivity contribution in [2.24, 2.45) is 5.92 Å². The summed E-state index contributed by atoms with van der Waals surface area (Å²) in [6.07, 6.45) is 0.650. The number of hydrogen-bond donors (Lipinski definition) is 6. The van der Waals surface area contributed by atoms with Gasteiger partial charge in [0.05, 0.1) is 29.8 Å². The third-order valence-corrected chi connectivity index (χ3v) is 13.0. The highest BCUT2D eigenvalue weighted by atomic mass is 16.6. The molecule has 1 unspecified atom stereocenters. The third-order valence-electron chi connectivity index (χ3n) is 13.0. The van der Waals surface area contributed by atoms with E-state index in [1.165, 1.54) is 17.0 Å². The fraction of sp³-hybridized carbons (Fsp3) is 0.250. The lowest BCUT2D eigenvalue weighted by Gasteiger charge is -2.43. The Balaban J connectivity index is 0.748. The Morgan fingerprint density at radius 2 is 1.51 bits per heavy atom. The van der Waals surface area contributed by atoms with Crippen molar-refractivity contribution in [2.75, 3.05) is 49.5 Å². The number of ether oxygens (including phenoxy) is 3. The number of esters is 1. The number of aromatic nitrogens is 1. The summed E-state index contributed by atoms with van der Waals surface area (Å²) in [5.74, 6) is 0.411. The number of para-hydroxylation sites is 1. The minimum atomic E-state index is -0.905. The predicted molar refractivity (Wildman–Crippen MR) is 271 cm³/mol. The Hall–Kier alpha value is -7.98. The molecule has 10 rings (SSSR count). The number of phenolic OH excluding ortho intramolecular Hbond substituents is 1. The number of nitrogens with zero attached hydrogens (tertiary/aromatic N) is 2. The molecule has 3 fully saturated rings. The molecular weight excluding hydrogens is 901 g/mol. The summed E-state index contributed by atoms with van der Waals surface area (Å²) in [6, 6.07) is 45.9. The number of piperidine rings is 3. The first kappa shape index (κ1) is 48.1. The lowest BCUT2D eigenvalue weighted by atomic mass is 9.86. The van der Waals surface area contributed by atoms with Gasteiger partial charge in [-0.3, -0.25) is 14.6 Å². The molecule has 3 saturated heterocycles. The molecule has 15 nitrogen and oxygen atoms in total. The zero-order valence-corrected chi connectivity index (χ0v) is 39.0. The van der Waals surface area contributed by atoms with E-state index >= 15 is 0 Å². The second-order valence-electron chi connectivity index (χ2n) is 17.8. The van der Waals surface area contributed by atoms with Gasteiger partial charge >= 0.3 is 18.1 Å². The van der Waals surface area contributed by atoms with Crippen molar-refractivity contribution < 1.29 is 38.8 Å². The first-order valence-corrected chi connectivity index (χ1v) is 23.8. The standard InChI is InChI=1S/C56H56N6O9/c63-48-24-22-46(47-23-25-51(65)59-53(47)48)49(64)34-57-33-37-16-20-43(21-17-37)58-55(67)62(44-11-5-2-6-12-44)30-31-69-54(66)41-18-14-38(15-19-41)36-70-45-13-7-10-42(32-45)52(40-8-3-1-4-9-40)60-56(68)71-50-35-61-28-26-39(50)27-29-61/h1-25,32,39,49-50,52,57,63-64H,26-31,33-36H2,(H,58,67)(H,59,65)(H,60,68)/t49-,50+,52?/m1/s1. The van der Waals surface area contributed by atoms with Gasteiger partial charge in [0.15, 0.2) is 0 Å². The number of alkyl carbamates (subject to hydrolysis) is 1. The molecule has 6 aromatic carbocycles. The molecule has 3 aliphatic heterocycles. The molecule has 0 saturated carbocycles. The Labute approximate surface area is 411 Å². The maximum Gasteiger partial charge on any atom is 0.408 e. The van der Waals surface area contributed by atoms with Crippen molar-refractivity contribution in [1.29, 1.82) is 0 Å². The van der Waals surface area contributed by atoms with Crippen molar-refractivity contribution in [3.05, 3.63) is 201 Å². The fourth-order valence-electron chi connectivity index (χ4n) is 9.20. The number of nitrogens with one attached hydrogen (secondary N) is 4. The molecule has 0 aliphatic carbocycles. The van der Waals surface area contributed by atoms with Crippen LogP contribution >= 0.6 is 0 Å². The van der Waals surface area contributed by atoms with E-state index < -0.39 is 30.2 Å². The first-order chi connectivity index (χ1) is 34.6. The van der Waals surface area contributed by atoms with Crippen LogP contribution in [0.15, 0.2) is 163 Å². The van der Waals surface area contributed by atoms with E-state index in [1.807, 2.05) is 84.9 Å². The number of phenols is 1. The number of aromatic amines is 1. The number of rotatable bonds is 18. The third kappa shape index (κ3) is 12.3. The topological polar surface area (TPSA) is 195 Å². The summed E-state index contributed by atoms with van der Waals surface area (Å²) in [5, 5.41) is 30.9. The number of fused-ring (bicyclic) bond motifs is 4. The summed E-state index contributed by atoms with van der Waals surface area (Å²) in [4.78, 5) is 58.4. The van der Waals surface area contributed by atoms with Gasteiger partial charge in [-0.25, -0.2) is 14.4 Å². The van der Waals surface area contributed by atoms with Crippen LogP contribution in [0.25, 0.3) is 10.9 Å². The number of pyridine rings is 1. The van der Waals surface area contributed by atoms with E-state index in [0.29, 0.717) is 46.1 Å². The molecule has 3 atom stereocenters. The predicted octanol–water partition coefficient (Wildman–Crippen LogP) is 8.44. The molecule has 0 spiro atoms. The molecule has 1 aromatic heterocycles. The van der Waals surface area contributed by atoms with E-state index in [4.69, 9.17) is 14.2 Å². The molecule has 3 aliphatic rings. The van der Waals surface area contributed by atoms with Crippen molar-refractivity contribution in [2.45, 2.75) is 44.2 Å². The van der Waals surface area contributed by atoms with Gasteiger partial charge in [0.1, 0.15) is 30.8 Å². The van der Waals surface area contributed by atoms with Crippen LogP contribution in [0.1, 0.15) is 63.2 Å². The van der Waals surface area contributed by atoms with Gasteiger partial charge < -0.3 is 45.4 Å². The number of urea groups is 1. The molecule has 3 amide bonds. The SMILES string of the molecule is O=C(NC(c1ccccc1)c1cccc(OCc2ccc(C(=O)OCCN(C(=O)Nc3ccc(CNC[C@@H](O)c4ccc(O)c5[nH]c(=O)ccc45)cc3)c3ccccc3)cc2)c1)O[C@H]1CN2CCC1CC2. The fourth-order valence-corrected chi connectivity index (χ4v) is 9.20.